The highest BCUT2D eigenvalue weighted by Gasteiger charge is 2.27. The molecule has 2 heterocycles. The number of aromatic nitrogens is 1. The Hall–Kier alpha value is -2.73. The first-order valence-electron chi connectivity index (χ1n) is 8.21. The van der Waals surface area contributed by atoms with Crippen molar-refractivity contribution in [2.75, 3.05) is 6.61 Å². The monoisotopic (exact) mass is 340 g/mol. The fraction of sp³-hybridized carbons (Fsp3) is 0.263. The normalized spacial score (nSPS) is 15.3. The summed E-state index contributed by atoms with van der Waals surface area (Å²) in [5.74, 6) is 0.00476. The number of rotatable bonds is 5. The molecule has 1 unspecified atom stereocenters. The number of hydrogen-bond donors (Lipinski definition) is 2. The van der Waals surface area contributed by atoms with Crippen LogP contribution < -0.4 is 5.32 Å². The van der Waals surface area contributed by atoms with Crippen molar-refractivity contribution in [3.05, 3.63) is 65.5 Å². The van der Waals surface area contributed by atoms with E-state index in [2.05, 4.69) is 10.3 Å². The molecule has 128 valence electrons. The van der Waals surface area contributed by atoms with Crippen molar-refractivity contribution >= 4 is 16.8 Å². The molecule has 1 aliphatic carbocycles. The quantitative estimate of drug-likeness (QED) is 0.747. The van der Waals surface area contributed by atoms with Crippen LogP contribution in [0.2, 0.25) is 0 Å². The summed E-state index contributed by atoms with van der Waals surface area (Å²) < 4.78 is 18.9. The van der Waals surface area contributed by atoms with Crippen molar-refractivity contribution < 1.29 is 18.7 Å². The van der Waals surface area contributed by atoms with Crippen molar-refractivity contribution in [2.45, 2.75) is 24.8 Å². The van der Waals surface area contributed by atoms with Crippen LogP contribution in [0.3, 0.4) is 0 Å². The number of hydrogen-bond acceptors (Lipinski definition) is 4. The van der Waals surface area contributed by atoms with Gasteiger partial charge in [-0.3, -0.25) is 9.78 Å². The lowest BCUT2D eigenvalue weighted by molar-refractivity contribution is 0.0909. The maximum absolute atomic E-state index is 13.7. The minimum atomic E-state index is -0.663. The lowest BCUT2D eigenvalue weighted by Crippen LogP contribution is -2.30. The largest absolute Gasteiger partial charge is 0.467 e. The fourth-order valence-electron chi connectivity index (χ4n) is 2.93. The maximum atomic E-state index is 13.7. The SMILES string of the molecule is O=C(NC(CO)c1ccco1)c1cc(C2CC2)nc2ccc(F)cc12. The van der Waals surface area contributed by atoms with Gasteiger partial charge in [0, 0.05) is 17.0 Å². The van der Waals surface area contributed by atoms with Gasteiger partial charge in [-0.05, 0) is 49.2 Å². The van der Waals surface area contributed by atoms with Gasteiger partial charge in [0.25, 0.3) is 5.91 Å². The molecule has 6 heteroatoms. The zero-order valence-electron chi connectivity index (χ0n) is 13.4. The van der Waals surface area contributed by atoms with Gasteiger partial charge < -0.3 is 14.8 Å². The second-order valence-corrected chi connectivity index (χ2v) is 6.25. The van der Waals surface area contributed by atoms with E-state index in [-0.39, 0.29) is 6.61 Å². The number of amides is 1. The van der Waals surface area contributed by atoms with E-state index in [1.54, 1.807) is 24.3 Å². The molecule has 0 radical (unpaired) electrons. The van der Waals surface area contributed by atoms with Crippen LogP contribution in [0.15, 0.2) is 47.1 Å². The Morgan fingerprint density at radius 2 is 2.20 bits per heavy atom. The Morgan fingerprint density at radius 1 is 1.36 bits per heavy atom. The van der Waals surface area contributed by atoms with E-state index in [0.717, 1.165) is 18.5 Å². The summed E-state index contributed by atoms with van der Waals surface area (Å²) in [6.45, 7) is -0.299. The molecule has 25 heavy (non-hydrogen) atoms. The van der Waals surface area contributed by atoms with Crippen LogP contribution in [-0.4, -0.2) is 22.6 Å². The summed E-state index contributed by atoms with van der Waals surface area (Å²) in [5, 5.41) is 12.8. The average molecular weight is 340 g/mol. The Labute approximate surface area is 143 Å². The number of pyridine rings is 1. The molecule has 0 saturated heterocycles. The van der Waals surface area contributed by atoms with Crippen LogP contribution >= 0.6 is 0 Å². The predicted molar refractivity (Wildman–Crippen MR) is 89.7 cm³/mol. The average Bonchev–Trinajstić information content (AvgIpc) is 3.33. The van der Waals surface area contributed by atoms with Gasteiger partial charge in [0.05, 0.1) is 24.0 Å². The molecule has 2 aromatic heterocycles. The summed E-state index contributed by atoms with van der Waals surface area (Å²) in [7, 11) is 0. The first kappa shape index (κ1) is 15.8. The van der Waals surface area contributed by atoms with Gasteiger partial charge in [0.2, 0.25) is 0 Å². The van der Waals surface area contributed by atoms with Crippen LogP contribution in [0.1, 0.15) is 46.6 Å². The molecular weight excluding hydrogens is 323 g/mol. The van der Waals surface area contributed by atoms with Gasteiger partial charge in [-0.25, -0.2) is 4.39 Å². The van der Waals surface area contributed by atoms with E-state index in [1.165, 1.54) is 18.4 Å². The summed E-state index contributed by atoms with van der Waals surface area (Å²) in [5.41, 5.74) is 1.80. The number of carbonyl (C=O) groups is 1. The zero-order valence-corrected chi connectivity index (χ0v) is 13.4. The predicted octanol–water partition coefficient (Wildman–Crippen LogP) is 3.31. The lowest BCUT2D eigenvalue weighted by atomic mass is 10.0. The molecule has 1 saturated carbocycles. The molecule has 0 bridgehead atoms. The van der Waals surface area contributed by atoms with E-state index in [0.29, 0.717) is 28.1 Å². The van der Waals surface area contributed by atoms with E-state index >= 15 is 0 Å². The Morgan fingerprint density at radius 3 is 2.88 bits per heavy atom. The topological polar surface area (TPSA) is 75.4 Å². The second kappa shape index (κ2) is 6.29. The number of halogens is 1. The van der Waals surface area contributed by atoms with Crippen molar-refractivity contribution in [1.82, 2.24) is 10.3 Å². The van der Waals surface area contributed by atoms with Gasteiger partial charge >= 0.3 is 0 Å². The van der Waals surface area contributed by atoms with E-state index in [1.807, 2.05) is 0 Å². The minimum absolute atomic E-state index is 0.299. The van der Waals surface area contributed by atoms with Crippen molar-refractivity contribution in [3.8, 4) is 0 Å². The van der Waals surface area contributed by atoms with Crippen molar-refractivity contribution in [1.29, 1.82) is 0 Å². The lowest BCUT2D eigenvalue weighted by Gasteiger charge is -2.15. The van der Waals surface area contributed by atoms with Crippen molar-refractivity contribution in [3.63, 3.8) is 0 Å². The minimum Gasteiger partial charge on any atom is -0.467 e. The molecule has 1 fully saturated rings. The molecule has 5 nitrogen and oxygen atoms in total. The standard InChI is InChI=1S/C19H17FN2O3/c20-12-5-6-15-13(8-12)14(9-16(21-15)11-3-4-11)19(24)22-17(10-23)18-2-1-7-25-18/h1-2,5-9,11,17,23H,3-4,10H2,(H,22,24). The van der Waals surface area contributed by atoms with E-state index in [9.17, 15) is 14.3 Å². The smallest absolute Gasteiger partial charge is 0.252 e. The molecule has 1 aromatic carbocycles. The Bertz CT molecular complexity index is 920. The molecule has 2 N–H and O–H groups in total. The second-order valence-electron chi connectivity index (χ2n) is 6.25. The van der Waals surface area contributed by atoms with Gasteiger partial charge in [-0.2, -0.15) is 0 Å². The molecule has 1 amide bonds. The number of aliphatic hydroxyl groups is 1. The third-order valence-electron chi connectivity index (χ3n) is 4.41. The fourth-order valence-corrected chi connectivity index (χ4v) is 2.93. The van der Waals surface area contributed by atoms with Crippen LogP contribution in [0, 0.1) is 5.82 Å². The van der Waals surface area contributed by atoms with E-state index in [4.69, 9.17) is 4.42 Å². The highest BCUT2D eigenvalue weighted by molar-refractivity contribution is 6.06. The number of aliphatic hydroxyl groups excluding tert-OH is 1. The summed E-state index contributed by atoms with van der Waals surface area (Å²) in [4.78, 5) is 17.4. The zero-order chi connectivity index (χ0) is 17.4. The first-order valence-corrected chi connectivity index (χ1v) is 8.21. The van der Waals surface area contributed by atoms with Crippen LogP contribution in [0.5, 0.6) is 0 Å². The molecule has 1 aliphatic rings. The number of fused-ring (bicyclic) bond motifs is 1. The summed E-state index contributed by atoms with van der Waals surface area (Å²) >= 11 is 0. The van der Waals surface area contributed by atoms with Gasteiger partial charge in [-0.1, -0.05) is 0 Å². The maximum Gasteiger partial charge on any atom is 0.252 e. The Kier molecular flexibility index (Phi) is 3.97. The van der Waals surface area contributed by atoms with Crippen LogP contribution in [0.4, 0.5) is 4.39 Å². The third-order valence-corrected chi connectivity index (χ3v) is 4.41. The molecule has 3 aromatic rings. The number of nitrogens with zero attached hydrogens (tertiary/aromatic N) is 1. The third kappa shape index (κ3) is 3.13. The number of nitrogens with one attached hydrogen (secondary N) is 1. The molecule has 0 spiro atoms. The van der Waals surface area contributed by atoms with Crippen LogP contribution in [-0.2, 0) is 0 Å². The van der Waals surface area contributed by atoms with Gasteiger partial charge in [-0.15, -0.1) is 0 Å². The summed E-state index contributed by atoms with van der Waals surface area (Å²) in [6, 6.07) is 8.67. The van der Waals surface area contributed by atoms with Gasteiger partial charge in [0.15, 0.2) is 0 Å². The Balaban J connectivity index is 1.73. The molecular formula is C19H17FN2O3. The highest BCUT2D eigenvalue weighted by Crippen LogP contribution is 2.40. The van der Waals surface area contributed by atoms with Crippen molar-refractivity contribution in [2.24, 2.45) is 0 Å². The van der Waals surface area contributed by atoms with Crippen LogP contribution in [0.25, 0.3) is 10.9 Å². The first-order chi connectivity index (χ1) is 12.2. The highest BCUT2D eigenvalue weighted by atomic mass is 19.1. The van der Waals surface area contributed by atoms with E-state index < -0.39 is 17.8 Å². The molecule has 4 rings (SSSR count). The number of furan rings is 1. The molecule has 0 aliphatic heterocycles. The summed E-state index contributed by atoms with van der Waals surface area (Å²) in [6.07, 6.45) is 3.57. The number of benzene rings is 1. The van der Waals surface area contributed by atoms with Gasteiger partial charge in [0.1, 0.15) is 17.6 Å². The number of carbonyl (C=O) groups excluding carboxylic acids is 1. The molecule has 1 atom stereocenters.